The topological polar surface area (TPSA) is 82.9 Å². The minimum absolute atomic E-state index is 0.0496. The molecule has 1 aromatic heterocycles. The number of nitrogens with zero attached hydrogens (tertiary/aromatic N) is 2. The lowest BCUT2D eigenvalue weighted by Crippen LogP contribution is -2.44. The van der Waals surface area contributed by atoms with Gasteiger partial charge in [-0.15, -0.1) is 11.8 Å². The summed E-state index contributed by atoms with van der Waals surface area (Å²) in [7, 11) is 1.61. The molecule has 1 fully saturated rings. The van der Waals surface area contributed by atoms with Crippen LogP contribution in [0.5, 0.6) is 5.75 Å². The van der Waals surface area contributed by atoms with Gasteiger partial charge in [-0.05, 0) is 92.4 Å². The van der Waals surface area contributed by atoms with E-state index in [0.29, 0.717) is 25.1 Å². The summed E-state index contributed by atoms with van der Waals surface area (Å²) in [4.78, 5) is 19.8. The molecule has 1 aliphatic heterocycles. The molecule has 192 valence electrons. The van der Waals surface area contributed by atoms with Gasteiger partial charge in [-0.3, -0.25) is 9.78 Å². The minimum atomic E-state index is -0.747. The van der Waals surface area contributed by atoms with Crippen LogP contribution in [-0.2, 0) is 4.79 Å². The summed E-state index contributed by atoms with van der Waals surface area (Å²) in [5, 5.41) is 22.6. The Kier molecular flexibility index (Phi) is 9.48. The zero-order valence-electron chi connectivity index (χ0n) is 20.5. The van der Waals surface area contributed by atoms with E-state index in [4.69, 9.17) is 16.3 Å². The van der Waals surface area contributed by atoms with Crippen molar-refractivity contribution in [2.75, 3.05) is 32.5 Å². The van der Waals surface area contributed by atoms with Crippen LogP contribution in [0.4, 0.5) is 0 Å². The summed E-state index contributed by atoms with van der Waals surface area (Å²) in [6.45, 7) is 2.32. The van der Waals surface area contributed by atoms with Crippen LogP contribution in [0.15, 0.2) is 59.6 Å². The summed E-state index contributed by atoms with van der Waals surface area (Å²) >= 11 is 7.97. The Labute approximate surface area is 221 Å². The number of carboxylic acids is 1. The highest BCUT2D eigenvalue weighted by atomic mass is 35.5. The van der Waals surface area contributed by atoms with Crippen LogP contribution in [0.3, 0.4) is 0 Å². The first kappa shape index (κ1) is 26.7. The highest BCUT2D eigenvalue weighted by Gasteiger charge is 2.34. The molecule has 6 nitrogen and oxygen atoms in total. The second kappa shape index (κ2) is 12.8. The molecule has 4 rings (SSSR count). The van der Waals surface area contributed by atoms with Gasteiger partial charge in [0.1, 0.15) is 5.75 Å². The van der Waals surface area contributed by atoms with Gasteiger partial charge in [0.25, 0.3) is 0 Å². The van der Waals surface area contributed by atoms with Gasteiger partial charge in [0.15, 0.2) is 0 Å². The Morgan fingerprint density at radius 1 is 1.28 bits per heavy atom. The molecule has 0 spiro atoms. The Balaban J connectivity index is 1.30. The maximum atomic E-state index is 12.1. The van der Waals surface area contributed by atoms with Crippen molar-refractivity contribution in [3.8, 4) is 5.75 Å². The summed E-state index contributed by atoms with van der Waals surface area (Å²) in [6.07, 6.45) is 4.00. The number of thioether (sulfide) groups is 1. The predicted octanol–water partition coefficient (Wildman–Crippen LogP) is 5.92. The number of hydrogen-bond donors (Lipinski definition) is 2. The molecule has 0 amide bonds. The van der Waals surface area contributed by atoms with Crippen molar-refractivity contribution in [3.63, 3.8) is 0 Å². The average Bonchev–Trinajstić information content (AvgIpc) is 2.90. The number of piperidine rings is 1. The van der Waals surface area contributed by atoms with Gasteiger partial charge < -0.3 is 19.8 Å². The fourth-order valence-electron chi connectivity index (χ4n) is 5.02. The number of rotatable bonds is 11. The molecule has 0 aliphatic carbocycles. The second-order valence-corrected chi connectivity index (χ2v) is 10.8. The molecule has 1 saturated heterocycles. The highest BCUT2D eigenvalue weighted by Crippen LogP contribution is 2.34. The summed E-state index contributed by atoms with van der Waals surface area (Å²) in [6, 6.07) is 15.3. The monoisotopic (exact) mass is 528 g/mol. The third-order valence-corrected chi connectivity index (χ3v) is 8.62. The lowest BCUT2D eigenvalue weighted by Gasteiger charge is -2.37. The van der Waals surface area contributed by atoms with Gasteiger partial charge in [0.05, 0.1) is 29.7 Å². The van der Waals surface area contributed by atoms with Gasteiger partial charge in [0.2, 0.25) is 0 Å². The van der Waals surface area contributed by atoms with Gasteiger partial charge in [-0.1, -0.05) is 23.7 Å². The van der Waals surface area contributed by atoms with Gasteiger partial charge >= 0.3 is 5.97 Å². The molecule has 3 aromatic rings. The number of pyridine rings is 1. The minimum Gasteiger partial charge on any atom is -0.497 e. The number of fused-ring (bicyclic) bond motifs is 1. The molecule has 3 atom stereocenters. The number of carbonyl (C=O) groups is 1. The average molecular weight is 529 g/mol. The SMILES string of the molecule is COc1ccc2nccc([C@H](O)CC[C@@H]3CCN(CCCSc4ccccc4Cl)C[C@@H]3C(=O)O)c2c1. The van der Waals surface area contributed by atoms with Crippen LogP contribution >= 0.6 is 23.4 Å². The van der Waals surface area contributed by atoms with E-state index < -0.39 is 18.0 Å². The van der Waals surface area contributed by atoms with E-state index in [1.165, 1.54) is 0 Å². The van der Waals surface area contributed by atoms with Crippen LogP contribution < -0.4 is 4.74 Å². The van der Waals surface area contributed by atoms with Crippen molar-refractivity contribution >= 4 is 40.2 Å². The predicted molar refractivity (Wildman–Crippen MR) is 145 cm³/mol. The summed E-state index contributed by atoms with van der Waals surface area (Å²) in [5.74, 6) is 0.541. The Morgan fingerprint density at radius 2 is 2.11 bits per heavy atom. The molecule has 2 heterocycles. The second-order valence-electron chi connectivity index (χ2n) is 9.30. The maximum absolute atomic E-state index is 12.1. The van der Waals surface area contributed by atoms with Crippen molar-refractivity contribution in [2.24, 2.45) is 11.8 Å². The Bertz CT molecular complexity index is 1180. The number of hydrogen-bond acceptors (Lipinski definition) is 6. The summed E-state index contributed by atoms with van der Waals surface area (Å²) < 4.78 is 5.34. The van der Waals surface area contributed by atoms with E-state index in [1.54, 1.807) is 25.1 Å². The van der Waals surface area contributed by atoms with E-state index >= 15 is 0 Å². The van der Waals surface area contributed by atoms with E-state index in [2.05, 4.69) is 9.88 Å². The van der Waals surface area contributed by atoms with Crippen LogP contribution in [0.25, 0.3) is 10.9 Å². The molecule has 2 N–H and O–H groups in total. The molecule has 2 aromatic carbocycles. The smallest absolute Gasteiger partial charge is 0.308 e. The standard InChI is InChI=1S/C28H33ClN2O4S/c1-35-20-8-9-25-22(17-20)21(11-13-30-25)26(32)10-7-19-12-15-31(18-23(19)28(33)34)14-4-16-36-27-6-3-2-5-24(27)29/h2-3,5-6,8-9,11,13,17,19,23,26,32H,4,7,10,12,14-16,18H2,1H3,(H,33,34)/t19-,23+,26-/m1/s1. The van der Waals surface area contributed by atoms with Crippen LogP contribution in [0.2, 0.25) is 5.02 Å². The van der Waals surface area contributed by atoms with Gasteiger partial charge in [0, 0.05) is 23.0 Å². The number of halogens is 1. The van der Waals surface area contributed by atoms with Crippen molar-refractivity contribution in [3.05, 3.63) is 65.3 Å². The van der Waals surface area contributed by atoms with Crippen LogP contribution in [-0.4, -0.2) is 58.6 Å². The summed E-state index contributed by atoms with van der Waals surface area (Å²) in [5.41, 5.74) is 1.61. The number of carboxylic acid groups (broad SMARTS) is 1. The molecule has 1 aliphatic rings. The number of aromatic nitrogens is 1. The van der Waals surface area contributed by atoms with Crippen molar-refractivity contribution in [1.82, 2.24) is 9.88 Å². The molecule has 0 bridgehead atoms. The fourth-order valence-corrected chi connectivity index (χ4v) is 6.19. The molecule has 0 unspecified atom stereocenters. The number of aliphatic hydroxyl groups excluding tert-OH is 1. The number of methoxy groups -OCH3 is 1. The molecular weight excluding hydrogens is 496 g/mol. The zero-order valence-corrected chi connectivity index (χ0v) is 22.0. The highest BCUT2D eigenvalue weighted by molar-refractivity contribution is 7.99. The lowest BCUT2D eigenvalue weighted by atomic mass is 9.81. The fraction of sp³-hybridized carbons (Fsp3) is 0.429. The number of aliphatic carboxylic acids is 1. The largest absolute Gasteiger partial charge is 0.497 e. The molecule has 36 heavy (non-hydrogen) atoms. The van der Waals surface area contributed by atoms with E-state index in [1.807, 2.05) is 48.5 Å². The van der Waals surface area contributed by atoms with Crippen molar-refractivity contribution in [2.45, 2.75) is 36.7 Å². The van der Waals surface area contributed by atoms with E-state index in [0.717, 1.165) is 58.1 Å². The van der Waals surface area contributed by atoms with E-state index in [-0.39, 0.29) is 5.92 Å². The lowest BCUT2D eigenvalue weighted by molar-refractivity contribution is -0.146. The number of benzene rings is 2. The first-order valence-electron chi connectivity index (χ1n) is 12.4. The third kappa shape index (κ3) is 6.71. The van der Waals surface area contributed by atoms with Gasteiger partial charge in [-0.25, -0.2) is 0 Å². The molecule has 8 heteroatoms. The third-order valence-electron chi connectivity index (χ3n) is 7.02. The molecular formula is C28H33ClN2O4S. The Hall–Kier alpha value is -2.32. The maximum Gasteiger partial charge on any atom is 0.308 e. The zero-order chi connectivity index (χ0) is 25.5. The molecule has 0 radical (unpaired) electrons. The van der Waals surface area contributed by atoms with Crippen molar-refractivity contribution < 1.29 is 19.7 Å². The van der Waals surface area contributed by atoms with Crippen LogP contribution in [0.1, 0.15) is 37.4 Å². The van der Waals surface area contributed by atoms with Gasteiger partial charge in [-0.2, -0.15) is 0 Å². The first-order chi connectivity index (χ1) is 17.5. The normalized spacial score (nSPS) is 19.3. The quantitative estimate of drug-likeness (QED) is 0.236. The number of aliphatic hydroxyl groups is 1. The first-order valence-corrected chi connectivity index (χ1v) is 13.8. The molecule has 0 saturated carbocycles. The van der Waals surface area contributed by atoms with Crippen molar-refractivity contribution in [1.29, 1.82) is 0 Å². The Morgan fingerprint density at radius 3 is 2.89 bits per heavy atom. The number of ether oxygens (including phenoxy) is 1. The number of likely N-dealkylation sites (tertiary alicyclic amines) is 1. The van der Waals surface area contributed by atoms with Crippen LogP contribution in [0, 0.1) is 11.8 Å². The van der Waals surface area contributed by atoms with E-state index in [9.17, 15) is 15.0 Å².